The molecule has 0 spiro atoms. The second kappa shape index (κ2) is 5.23. The Bertz CT molecular complexity index is 534. The summed E-state index contributed by atoms with van der Waals surface area (Å²) < 4.78 is 7.06. The second-order valence-corrected chi connectivity index (χ2v) is 4.50. The van der Waals surface area contributed by atoms with E-state index in [9.17, 15) is 0 Å². The number of methoxy groups -OCH3 is 1. The van der Waals surface area contributed by atoms with Gasteiger partial charge in [0.15, 0.2) is 0 Å². The van der Waals surface area contributed by atoms with E-state index in [2.05, 4.69) is 11.2 Å². The number of benzene rings is 1. The zero-order valence-electron chi connectivity index (χ0n) is 11.1. The van der Waals surface area contributed by atoms with Crippen molar-refractivity contribution in [2.24, 2.45) is 12.8 Å². The summed E-state index contributed by atoms with van der Waals surface area (Å²) in [5.74, 6) is 0.862. The van der Waals surface area contributed by atoms with E-state index >= 15 is 0 Å². The number of rotatable bonds is 4. The lowest BCUT2D eigenvalue weighted by atomic mass is 10.0. The van der Waals surface area contributed by atoms with Crippen molar-refractivity contribution in [2.75, 3.05) is 7.11 Å². The van der Waals surface area contributed by atoms with E-state index in [0.717, 1.165) is 23.6 Å². The van der Waals surface area contributed by atoms with Crippen LogP contribution in [0.15, 0.2) is 30.3 Å². The maximum atomic E-state index is 6.23. The Balaban J connectivity index is 2.15. The van der Waals surface area contributed by atoms with Gasteiger partial charge in [-0.3, -0.25) is 4.68 Å². The fraction of sp³-hybridized carbons (Fsp3) is 0.357. The Morgan fingerprint density at radius 2 is 2.17 bits per heavy atom. The molecule has 0 saturated carbocycles. The van der Waals surface area contributed by atoms with Gasteiger partial charge in [-0.2, -0.15) is 5.10 Å². The van der Waals surface area contributed by atoms with Crippen LogP contribution < -0.4 is 10.5 Å². The van der Waals surface area contributed by atoms with E-state index in [1.807, 2.05) is 42.9 Å². The molecule has 2 aromatic rings. The van der Waals surface area contributed by atoms with Gasteiger partial charge in [-0.1, -0.05) is 12.1 Å². The number of aromatic nitrogens is 2. The number of nitrogens with zero attached hydrogens (tertiary/aromatic N) is 2. The Morgan fingerprint density at radius 3 is 2.78 bits per heavy atom. The van der Waals surface area contributed by atoms with Crippen molar-refractivity contribution < 1.29 is 4.74 Å². The smallest absolute Gasteiger partial charge is 0.119 e. The minimum absolute atomic E-state index is 0.0525. The summed E-state index contributed by atoms with van der Waals surface area (Å²) in [6.07, 6.45) is 0.774. The molecule has 1 aromatic heterocycles. The van der Waals surface area contributed by atoms with E-state index in [-0.39, 0.29) is 6.04 Å². The van der Waals surface area contributed by atoms with Crippen molar-refractivity contribution in [3.8, 4) is 5.75 Å². The van der Waals surface area contributed by atoms with Crippen LogP contribution in [0.3, 0.4) is 0 Å². The molecule has 1 unspecified atom stereocenters. The lowest BCUT2D eigenvalue weighted by Crippen LogP contribution is -2.17. The molecule has 0 aliphatic heterocycles. The van der Waals surface area contributed by atoms with E-state index in [1.165, 1.54) is 5.56 Å². The highest BCUT2D eigenvalue weighted by atomic mass is 16.5. The minimum Gasteiger partial charge on any atom is -0.497 e. The first-order chi connectivity index (χ1) is 8.60. The standard InChI is InChI=1S/C14H19N3O/c1-10-7-14(17(2)16-10)13(15)9-11-5-4-6-12(8-11)18-3/h4-8,13H,9,15H2,1-3H3. The van der Waals surface area contributed by atoms with Gasteiger partial charge >= 0.3 is 0 Å². The molecule has 0 aliphatic rings. The molecule has 0 aliphatic carbocycles. The quantitative estimate of drug-likeness (QED) is 0.896. The molecule has 1 aromatic carbocycles. The Labute approximate surface area is 107 Å². The second-order valence-electron chi connectivity index (χ2n) is 4.50. The van der Waals surface area contributed by atoms with Gasteiger partial charge < -0.3 is 10.5 Å². The summed E-state index contributed by atoms with van der Waals surface area (Å²) in [6, 6.07) is 9.97. The number of hydrogen-bond acceptors (Lipinski definition) is 3. The maximum absolute atomic E-state index is 6.23. The number of hydrogen-bond donors (Lipinski definition) is 1. The zero-order chi connectivity index (χ0) is 13.1. The molecule has 18 heavy (non-hydrogen) atoms. The average molecular weight is 245 g/mol. The molecular formula is C14H19N3O. The van der Waals surface area contributed by atoms with E-state index in [1.54, 1.807) is 7.11 Å². The van der Waals surface area contributed by atoms with Crippen LogP contribution in [0.1, 0.15) is 23.0 Å². The van der Waals surface area contributed by atoms with E-state index < -0.39 is 0 Å². The van der Waals surface area contributed by atoms with Crippen LogP contribution in [0.5, 0.6) is 5.75 Å². The van der Waals surface area contributed by atoms with E-state index in [4.69, 9.17) is 10.5 Å². The highest BCUT2D eigenvalue weighted by molar-refractivity contribution is 5.29. The van der Waals surface area contributed by atoms with Crippen LogP contribution in [0.25, 0.3) is 0 Å². The molecule has 96 valence electrons. The number of ether oxygens (including phenoxy) is 1. The topological polar surface area (TPSA) is 53.1 Å². The molecule has 0 fully saturated rings. The van der Waals surface area contributed by atoms with Gasteiger partial charge in [0.1, 0.15) is 5.75 Å². The highest BCUT2D eigenvalue weighted by Gasteiger charge is 2.12. The lowest BCUT2D eigenvalue weighted by Gasteiger charge is -2.12. The largest absolute Gasteiger partial charge is 0.497 e. The molecule has 1 heterocycles. The van der Waals surface area contributed by atoms with Gasteiger partial charge in [0.05, 0.1) is 24.5 Å². The fourth-order valence-electron chi connectivity index (χ4n) is 2.14. The highest BCUT2D eigenvalue weighted by Crippen LogP contribution is 2.19. The predicted octanol–water partition coefficient (Wildman–Crippen LogP) is 1.98. The molecule has 0 bridgehead atoms. The Kier molecular flexibility index (Phi) is 3.67. The van der Waals surface area contributed by atoms with Gasteiger partial charge in [0.25, 0.3) is 0 Å². The Hall–Kier alpha value is -1.81. The molecule has 4 nitrogen and oxygen atoms in total. The summed E-state index contributed by atoms with van der Waals surface area (Å²) in [5, 5.41) is 4.32. The van der Waals surface area contributed by atoms with Crippen molar-refractivity contribution in [2.45, 2.75) is 19.4 Å². The van der Waals surface area contributed by atoms with Gasteiger partial charge in [-0.25, -0.2) is 0 Å². The molecule has 0 amide bonds. The van der Waals surface area contributed by atoms with Crippen molar-refractivity contribution in [3.05, 3.63) is 47.3 Å². The van der Waals surface area contributed by atoms with Crippen molar-refractivity contribution in [3.63, 3.8) is 0 Å². The lowest BCUT2D eigenvalue weighted by molar-refractivity contribution is 0.414. The SMILES string of the molecule is COc1cccc(CC(N)c2cc(C)nn2C)c1. The maximum Gasteiger partial charge on any atom is 0.119 e. The summed E-state index contributed by atoms with van der Waals surface area (Å²) in [5.41, 5.74) is 9.44. The Morgan fingerprint density at radius 1 is 1.39 bits per heavy atom. The molecule has 0 saturated heterocycles. The molecular weight excluding hydrogens is 226 g/mol. The van der Waals surface area contributed by atoms with Crippen LogP contribution in [-0.4, -0.2) is 16.9 Å². The normalized spacial score (nSPS) is 12.4. The third-order valence-electron chi connectivity index (χ3n) is 3.01. The first-order valence-corrected chi connectivity index (χ1v) is 5.99. The van der Waals surface area contributed by atoms with Crippen LogP contribution in [-0.2, 0) is 13.5 Å². The molecule has 1 atom stereocenters. The zero-order valence-corrected chi connectivity index (χ0v) is 11.1. The molecule has 2 N–H and O–H groups in total. The van der Waals surface area contributed by atoms with Crippen molar-refractivity contribution in [1.82, 2.24) is 9.78 Å². The van der Waals surface area contributed by atoms with Gasteiger partial charge in [0.2, 0.25) is 0 Å². The third-order valence-corrected chi connectivity index (χ3v) is 3.01. The fourth-order valence-corrected chi connectivity index (χ4v) is 2.14. The first-order valence-electron chi connectivity index (χ1n) is 5.99. The number of aryl methyl sites for hydroxylation is 2. The summed E-state index contributed by atoms with van der Waals surface area (Å²) in [6.45, 7) is 1.97. The van der Waals surface area contributed by atoms with E-state index in [0.29, 0.717) is 0 Å². The third kappa shape index (κ3) is 2.71. The first kappa shape index (κ1) is 12.6. The average Bonchev–Trinajstić information content (AvgIpc) is 2.69. The van der Waals surface area contributed by atoms with Gasteiger partial charge in [0, 0.05) is 7.05 Å². The van der Waals surface area contributed by atoms with Gasteiger partial charge in [-0.05, 0) is 37.1 Å². The minimum atomic E-state index is -0.0525. The summed E-state index contributed by atoms with van der Waals surface area (Å²) in [7, 11) is 3.59. The van der Waals surface area contributed by atoms with Crippen LogP contribution >= 0.6 is 0 Å². The molecule has 0 radical (unpaired) electrons. The van der Waals surface area contributed by atoms with Crippen LogP contribution in [0.2, 0.25) is 0 Å². The summed E-state index contributed by atoms with van der Waals surface area (Å²) >= 11 is 0. The van der Waals surface area contributed by atoms with Crippen molar-refractivity contribution >= 4 is 0 Å². The van der Waals surface area contributed by atoms with Crippen molar-refractivity contribution in [1.29, 1.82) is 0 Å². The molecule has 4 heteroatoms. The predicted molar refractivity (Wildman–Crippen MR) is 71.6 cm³/mol. The molecule has 2 rings (SSSR count). The van der Waals surface area contributed by atoms with Gasteiger partial charge in [-0.15, -0.1) is 0 Å². The van der Waals surface area contributed by atoms with Crippen LogP contribution in [0, 0.1) is 6.92 Å². The number of nitrogens with two attached hydrogens (primary N) is 1. The van der Waals surface area contributed by atoms with Crippen LogP contribution in [0.4, 0.5) is 0 Å². The monoisotopic (exact) mass is 245 g/mol. The summed E-state index contributed by atoms with van der Waals surface area (Å²) in [4.78, 5) is 0.